The third kappa shape index (κ3) is 4.29. The van der Waals surface area contributed by atoms with Crippen LogP contribution in [0.1, 0.15) is 27.3 Å². The van der Waals surface area contributed by atoms with Gasteiger partial charge in [0.15, 0.2) is 5.78 Å². The molecule has 0 amide bonds. The molecule has 0 fully saturated rings. The Morgan fingerprint density at radius 1 is 1.30 bits per heavy atom. The van der Waals surface area contributed by atoms with E-state index < -0.39 is 0 Å². The molecule has 0 aliphatic rings. The molecule has 2 aromatic rings. The van der Waals surface area contributed by atoms with Crippen molar-refractivity contribution in [2.24, 2.45) is 7.05 Å². The van der Waals surface area contributed by atoms with Gasteiger partial charge in [0.25, 0.3) is 0 Å². The lowest BCUT2D eigenvalue weighted by Crippen LogP contribution is -2.04. The Morgan fingerprint density at radius 2 is 2.09 bits per heavy atom. The van der Waals surface area contributed by atoms with Gasteiger partial charge in [-0.1, -0.05) is 18.2 Å². The summed E-state index contributed by atoms with van der Waals surface area (Å²) in [5.74, 6) is 0.712. The fraction of sp³-hybridized carbons (Fsp3) is 0.333. The number of hydrogen-bond acceptors (Lipinski definition) is 4. The third-order valence-corrected chi connectivity index (χ3v) is 3.60. The molecule has 5 nitrogen and oxygen atoms in total. The van der Waals surface area contributed by atoms with Crippen molar-refractivity contribution in [2.45, 2.75) is 13.8 Å². The highest BCUT2D eigenvalue weighted by atomic mass is 16.5. The second kappa shape index (κ2) is 7.74. The van der Waals surface area contributed by atoms with Crippen molar-refractivity contribution in [2.75, 3.05) is 20.3 Å². The Hall–Kier alpha value is -2.40. The van der Waals surface area contributed by atoms with Gasteiger partial charge < -0.3 is 9.47 Å². The van der Waals surface area contributed by atoms with E-state index in [4.69, 9.17) is 9.47 Å². The summed E-state index contributed by atoms with van der Waals surface area (Å²) in [6.07, 6.45) is 3.36. The summed E-state index contributed by atoms with van der Waals surface area (Å²) in [7, 11) is 3.47. The van der Waals surface area contributed by atoms with Crippen LogP contribution in [0, 0.1) is 13.8 Å². The predicted octanol–water partition coefficient (Wildman–Crippen LogP) is 2.96. The van der Waals surface area contributed by atoms with E-state index in [0.29, 0.717) is 18.8 Å². The SMILES string of the molecule is COCCOc1cccc(/C=C/C(=O)c2c(C)nn(C)c2C)c1. The molecule has 1 aromatic heterocycles. The second-order valence-electron chi connectivity index (χ2n) is 5.28. The predicted molar refractivity (Wildman–Crippen MR) is 89.9 cm³/mol. The lowest BCUT2D eigenvalue weighted by Gasteiger charge is -2.05. The van der Waals surface area contributed by atoms with Crippen molar-refractivity contribution in [1.82, 2.24) is 9.78 Å². The standard InChI is InChI=1S/C18H22N2O3/c1-13-18(14(2)20(3)19-13)17(21)9-8-15-6-5-7-16(12-15)23-11-10-22-4/h5-9,12H,10-11H2,1-4H3/b9-8+. The maximum absolute atomic E-state index is 12.4. The number of nitrogens with zero attached hydrogens (tertiary/aromatic N) is 2. The summed E-state index contributed by atoms with van der Waals surface area (Å²) in [5, 5.41) is 4.27. The van der Waals surface area contributed by atoms with Crippen molar-refractivity contribution in [3.63, 3.8) is 0 Å². The van der Waals surface area contributed by atoms with E-state index in [0.717, 1.165) is 22.7 Å². The Morgan fingerprint density at radius 3 is 2.74 bits per heavy atom. The fourth-order valence-corrected chi connectivity index (χ4v) is 2.34. The molecular formula is C18H22N2O3. The van der Waals surface area contributed by atoms with Crippen molar-refractivity contribution in [3.05, 3.63) is 52.9 Å². The van der Waals surface area contributed by atoms with Crippen LogP contribution in [0.4, 0.5) is 0 Å². The van der Waals surface area contributed by atoms with Crippen LogP contribution in [0.3, 0.4) is 0 Å². The van der Waals surface area contributed by atoms with Crippen LogP contribution in [0.5, 0.6) is 5.75 Å². The number of ether oxygens (including phenoxy) is 2. The zero-order valence-corrected chi connectivity index (χ0v) is 14.0. The molecular weight excluding hydrogens is 292 g/mol. The van der Waals surface area contributed by atoms with Crippen molar-refractivity contribution in [3.8, 4) is 5.75 Å². The van der Waals surface area contributed by atoms with Crippen LogP contribution in [0.2, 0.25) is 0 Å². The quantitative estimate of drug-likeness (QED) is 0.448. The largest absolute Gasteiger partial charge is 0.491 e. The lowest BCUT2D eigenvalue weighted by molar-refractivity contribution is 0.104. The van der Waals surface area contributed by atoms with Crippen LogP contribution in [-0.2, 0) is 11.8 Å². The molecule has 0 bridgehead atoms. The van der Waals surface area contributed by atoms with E-state index in [9.17, 15) is 4.79 Å². The molecule has 23 heavy (non-hydrogen) atoms. The van der Waals surface area contributed by atoms with Gasteiger partial charge in [-0.15, -0.1) is 0 Å². The first-order valence-corrected chi connectivity index (χ1v) is 7.47. The van der Waals surface area contributed by atoms with E-state index in [1.165, 1.54) is 0 Å². The number of aryl methyl sites for hydroxylation is 2. The van der Waals surface area contributed by atoms with Gasteiger partial charge >= 0.3 is 0 Å². The maximum Gasteiger partial charge on any atom is 0.189 e. The molecule has 0 saturated carbocycles. The highest BCUT2D eigenvalue weighted by molar-refractivity contribution is 6.08. The van der Waals surface area contributed by atoms with Crippen molar-refractivity contribution in [1.29, 1.82) is 0 Å². The van der Waals surface area contributed by atoms with Gasteiger partial charge in [-0.25, -0.2) is 0 Å². The fourth-order valence-electron chi connectivity index (χ4n) is 2.34. The number of allylic oxidation sites excluding steroid dienone is 1. The Balaban J connectivity index is 2.10. The van der Waals surface area contributed by atoms with Crippen LogP contribution >= 0.6 is 0 Å². The first-order valence-electron chi connectivity index (χ1n) is 7.47. The van der Waals surface area contributed by atoms with E-state index in [2.05, 4.69) is 5.10 Å². The molecule has 1 heterocycles. The minimum atomic E-state index is -0.0428. The molecule has 0 spiro atoms. The van der Waals surface area contributed by atoms with Crippen LogP contribution in [0.25, 0.3) is 6.08 Å². The molecule has 2 rings (SSSR count). The topological polar surface area (TPSA) is 53.4 Å². The van der Waals surface area contributed by atoms with Gasteiger partial charge in [0.2, 0.25) is 0 Å². The van der Waals surface area contributed by atoms with Gasteiger partial charge in [0, 0.05) is 19.9 Å². The van der Waals surface area contributed by atoms with Gasteiger partial charge in [-0.2, -0.15) is 5.10 Å². The average molecular weight is 314 g/mol. The summed E-state index contributed by atoms with van der Waals surface area (Å²) < 4.78 is 12.2. The molecule has 0 saturated heterocycles. The highest BCUT2D eigenvalue weighted by Gasteiger charge is 2.14. The maximum atomic E-state index is 12.4. The third-order valence-electron chi connectivity index (χ3n) is 3.60. The van der Waals surface area contributed by atoms with Crippen LogP contribution < -0.4 is 4.74 Å². The normalized spacial score (nSPS) is 11.1. The highest BCUT2D eigenvalue weighted by Crippen LogP contribution is 2.17. The molecule has 0 aliphatic heterocycles. The smallest absolute Gasteiger partial charge is 0.189 e. The molecule has 1 aromatic carbocycles. The van der Waals surface area contributed by atoms with Crippen LogP contribution in [0.15, 0.2) is 30.3 Å². The number of carbonyl (C=O) groups excluding carboxylic acids is 1. The summed E-state index contributed by atoms with van der Waals surface area (Å²) >= 11 is 0. The minimum absolute atomic E-state index is 0.0428. The van der Waals surface area contributed by atoms with Crippen molar-refractivity contribution >= 4 is 11.9 Å². The molecule has 0 unspecified atom stereocenters. The van der Waals surface area contributed by atoms with Gasteiger partial charge in [0.1, 0.15) is 12.4 Å². The Kier molecular flexibility index (Phi) is 5.71. The van der Waals surface area contributed by atoms with E-state index >= 15 is 0 Å². The zero-order chi connectivity index (χ0) is 16.8. The molecule has 0 radical (unpaired) electrons. The summed E-state index contributed by atoms with van der Waals surface area (Å²) in [4.78, 5) is 12.4. The van der Waals surface area contributed by atoms with Gasteiger partial charge in [-0.05, 0) is 37.6 Å². The number of rotatable bonds is 7. The van der Waals surface area contributed by atoms with Gasteiger partial charge in [-0.3, -0.25) is 9.48 Å². The number of methoxy groups -OCH3 is 1. The lowest BCUT2D eigenvalue weighted by atomic mass is 10.1. The second-order valence-corrected chi connectivity index (χ2v) is 5.28. The summed E-state index contributed by atoms with van der Waals surface area (Å²) in [6.45, 7) is 4.78. The Bertz CT molecular complexity index is 717. The number of aromatic nitrogens is 2. The molecule has 122 valence electrons. The molecule has 0 N–H and O–H groups in total. The van der Waals surface area contributed by atoms with E-state index in [1.54, 1.807) is 23.9 Å². The monoisotopic (exact) mass is 314 g/mol. The first-order chi connectivity index (χ1) is 11.0. The summed E-state index contributed by atoms with van der Waals surface area (Å²) in [5.41, 5.74) is 3.19. The average Bonchev–Trinajstić information content (AvgIpc) is 2.78. The van der Waals surface area contributed by atoms with E-state index in [-0.39, 0.29) is 5.78 Å². The number of ketones is 1. The van der Waals surface area contributed by atoms with Crippen molar-refractivity contribution < 1.29 is 14.3 Å². The molecule has 0 aliphatic carbocycles. The first kappa shape index (κ1) is 17.0. The number of hydrogen-bond donors (Lipinski definition) is 0. The molecule has 5 heteroatoms. The Labute approximate surface area is 136 Å². The number of carbonyl (C=O) groups is 1. The minimum Gasteiger partial charge on any atom is -0.491 e. The van der Waals surface area contributed by atoms with Gasteiger partial charge in [0.05, 0.1) is 17.9 Å². The summed E-state index contributed by atoms with van der Waals surface area (Å²) in [6, 6.07) is 7.59. The number of benzene rings is 1. The zero-order valence-electron chi connectivity index (χ0n) is 14.0. The van der Waals surface area contributed by atoms with E-state index in [1.807, 2.05) is 45.2 Å². The molecule has 0 atom stereocenters. The van der Waals surface area contributed by atoms with Crippen LogP contribution in [-0.4, -0.2) is 35.9 Å².